The first-order valence-electron chi connectivity index (χ1n) is 6.26. The number of likely N-dealkylation sites (tertiary alicyclic amines) is 1. The van der Waals surface area contributed by atoms with E-state index in [0.29, 0.717) is 17.9 Å². The average molecular weight is 250 g/mol. The van der Waals surface area contributed by atoms with Gasteiger partial charge in [0, 0.05) is 24.0 Å². The molecule has 4 heteroatoms. The fourth-order valence-corrected chi connectivity index (χ4v) is 4.01. The fourth-order valence-electron chi connectivity index (χ4n) is 3.18. The van der Waals surface area contributed by atoms with Gasteiger partial charge in [0.05, 0.1) is 4.88 Å². The molecule has 1 amide bonds. The number of carbonyl (C=O) groups is 1. The maximum Gasteiger partial charge on any atom is 0.263 e. The van der Waals surface area contributed by atoms with Crippen LogP contribution < -0.4 is 5.73 Å². The molecule has 2 N–H and O–H groups in total. The summed E-state index contributed by atoms with van der Waals surface area (Å²) in [6, 6.07) is 4.26. The van der Waals surface area contributed by atoms with Crippen LogP contribution in [0.25, 0.3) is 0 Å². The van der Waals surface area contributed by atoms with Crippen molar-refractivity contribution < 1.29 is 4.79 Å². The molecule has 1 aromatic rings. The van der Waals surface area contributed by atoms with Gasteiger partial charge in [0.1, 0.15) is 0 Å². The van der Waals surface area contributed by atoms with Gasteiger partial charge in [-0.1, -0.05) is 0 Å². The van der Waals surface area contributed by atoms with E-state index in [1.807, 2.05) is 24.0 Å². The van der Waals surface area contributed by atoms with Crippen LogP contribution in [0.15, 0.2) is 12.1 Å². The number of rotatable bonds is 1. The molecule has 0 bridgehead atoms. The van der Waals surface area contributed by atoms with Crippen LogP contribution in [0.4, 0.5) is 0 Å². The normalized spacial score (nSPS) is 31.9. The summed E-state index contributed by atoms with van der Waals surface area (Å²) in [6.45, 7) is 3.81. The van der Waals surface area contributed by atoms with Gasteiger partial charge in [0.25, 0.3) is 5.91 Å². The molecule has 1 aliphatic carbocycles. The summed E-state index contributed by atoms with van der Waals surface area (Å²) >= 11 is 1.59. The van der Waals surface area contributed by atoms with Crippen LogP contribution in [0.2, 0.25) is 0 Å². The molecule has 1 aromatic heterocycles. The van der Waals surface area contributed by atoms with E-state index in [9.17, 15) is 4.79 Å². The van der Waals surface area contributed by atoms with Crippen molar-refractivity contribution in [1.82, 2.24) is 4.90 Å². The van der Waals surface area contributed by atoms with Gasteiger partial charge < -0.3 is 10.6 Å². The third-order valence-electron chi connectivity index (χ3n) is 4.15. The van der Waals surface area contributed by atoms with Crippen LogP contribution >= 0.6 is 11.3 Å². The maximum absolute atomic E-state index is 12.3. The molecule has 2 aliphatic rings. The van der Waals surface area contributed by atoms with Crippen molar-refractivity contribution in [2.45, 2.75) is 25.8 Å². The van der Waals surface area contributed by atoms with Crippen molar-refractivity contribution in [2.75, 3.05) is 13.1 Å². The number of fused-ring (bicyclic) bond motifs is 1. The number of thiophene rings is 1. The van der Waals surface area contributed by atoms with Gasteiger partial charge in [-0.25, -0.2) is 0 Å². The Morgan fingerprint density at radius 2 is 2.24 bits per heavy atom. The number of aryl methyl sites for hydroxylation is 1. The number of nitrogens with zero attached hydrogens (tertiary/aromatic N) is 1. The van der Waals surface area contributed by atoms with Gasteiger partial charge in [0.15, 0.2) is 0 Å². The molecule has 3 atom stereocenters. The predicted molar refractivity (Wildman–Crippen MR) is 69.1 cm³/mol. The van der Waals surface area contributed by atoms with Gasteiger partial charge in [-0.15, -0.1) is 11.3 Å². The quantitative estimate of drug-likeness (QED) is 0.827. The minimum Gasteiger partial charge on any atom is -0.337 e. The second-order valence-corrected chi connectivity index (χ2v) is 6.57. The Morgan fingerprint density at radius 3 is 2.88 bits per heavy atom. The average Bonchev–Trinajstić information content (AvgIpc) is 2.96. The Hall–Kier alpha value is -0.870. The van der Waals surface area contributed by atoms with Crippen molar-refractivity contribution >= 4 is 17.2 Å². The first-order chi connectivity index (χ1) is 8.15. The zero-order valence-electron chi connectivity index (χ0n) is 10.1. The molecule has 0 spiro atoms. The lowest BCUT2D eigenvalue weighted by Gasteiger charge is -2.17. The summed E-state index contributed by atoms with van der Waals surface area (Å²) in [4.78, 5) is 16.4. The molecule has 3 rings (SSSR count). The van der Waals surface area contributed by atoms with Gasteiger partial charge in [-0.2, -0.15) is 0 Å². The second-order valence-electron chi connectivity index (χ2n) is 5.29. The van der Waals surface area contributed by atoms with Crippen LogP contribution in [0.3, 0.4) is 0 Å². The number of hydrogen-bond donors (Lipinski definition) is 1. The van der Waals surface area contributed by atoms with Crippen molar-refractivity contribution in [3.63, 3.8) is 0 Å². The van der Waals surface area contributed by atoms with Crippen LogP contribution in [0.1, 0.15) is 27.4 Å². The predicted octanol–water partition coefficient (Wildman–Crippen LogP) is 1.87. The Balaban J connectivity index is 1.73. The van der Waals surface area contributed by atoms with Crippen LogP contribution in [-0.4, -0.2) is 29.9 Å². The minimum absolute atomic E-state index is 0.199. The Morgan fingerprint density at radius 1 is 1.41 bits per heavy atom. The van der Waals surface area contributed by atoms with E-state index in [1.54, 1.807) is 11.3 Å². The molecular weight excluding hydrogens is 232 g/mol. The monoisotopic (exact) mass is 250 g/mol. The molecule has 0 aromatic carbocycles. The minimum atomic E-state index is 0.199. The number of carbonyl (C=O) groups excluding carboxylic acids is 1. The summed E-state index contributed by atoms with van der Waals surface area (Å²) in [5.41, 5.74) is 6.09. The van der Waals surface area contributed by atoms with Gasteiger partial charge in [0.2, 0.25) is 0 Å². The molecule has 2 heterocycles. The Labute approximate surface area is 106 Å². The van der Waals surface area contributed by atoms with Gasteiger partial charge in [-0.3, -0.25) is 4.79 Å². The molecule has 17 heavy (non-hydrogen) atoms. The number of hydrogen-bond acceptors (Lipinski definition) is 3. The summed E-state index contributed by atoms with van der Waals surface area (Å²) < 4.78 is 0. The highest BCUT2D eigenvalue weighted by Gasteiger charge is 2.42. The highest BCUT2D eigenvalue weighted by molar-refractivity contribution is 7.13. The first-order valence-corrected chi connectivity index (χ1v) is 7.08. The largest absolute Gasteiger partial charge is 0.337 e. The van der Waals surface area contributed by atoms with Gasteiger partial charge >= 0.3 is 0 Å². The third kappa shape index (κ3) is 1.89. The zero-order chi connectivity index (χ0) is 12.0. The molecule has 0 radical (unpaired) electrons. The second kappa shape index (κ2) is 4.10. The first kappa shape index (κ1) is 11.2. The summed E-state index contributed by atoms with van der Waals surface area (Å²) in [5.74, 6) is 1.39. The van der Waals surface area contributed by atoms with Crippen molar-refractivity contribution in [3.05, 3.63) is 21.9 Å². The SMILES string of the molecule is Cc1ccc(C(=O)N2C[C@@H]3CC[C@H](N)[C@H]3C2)s1. The lowest BCUT2D eigenvalue weighted by Crippen LogP contribution is -2.33. The molecular formula is C13H18N2OS. The molecule has 3 nitrogen and oxygen atoms in total. The van der Waals surface area contributed by atoms with Crippen LogP contribution in [0.5, 0.6) is 0 Å². The van der Waals surface area contributed by atoms with Gasteiger partial charge in [-0.05, 0) is 43.7 Å². The molecule has 0 unspecified atom stereocenters. The van der Waals surface area contributed by atoms with E-state index >= 15 is 0 Å². The third-order valence-corrected chi connectivity index (χ3v) is 5.14. The summed E-state index contributed by atoms with van der Waals surface area (Å²) in [7, 11) is 0. The lowest BCUT2D eigenvalue weighted by molar-refractivity contribution is 0.0784. The Kier molecular flexibility index (Phi) is 2.71. The number of nitrogens with two attached hydrogens (primary N) is 1. The molecule has 1 saturated carbocycles. The highest BCUT2D eigenvalue weighted by Crippen LogP contribution is 2.37. The van der Waals surface area contributed by atoms with E-state index in [2.05, 4.69) is 0 Å². The van der Waals surface area contributed by atoms with E-state index in [-0.39, 0.29) is 5.91 Å². The standard InChI is InChI=1S/C13H18N2OS/c1-8-2-5-12(17-8)13(16)15-6-9-3-4-11(14)10(9)7-15/h2,5,9-11H,3-4,6-7,14H2,1H3/t9-,10-,11-/m0/s1. The lowest BCUT2D eigenvalue weighted by atomic mass is 9.98. The van der Waals surface area contributed by atoms with Crippen LogP contribution in [-0.2, 0) is 0 Å². The Bertz CT molecular complexity index is 442. The number of amides is 1. The zero-order valence-corrected chi connectivity index (χ0v) is 10.9. The van der Waals surface area contributed by atoms with E-state index < -0.39 is 0 Å². The topological polar surface area (TPSA) is 46.3 Å². The van der Waals surface area contributed by atoms with E-state index in [1.165, 1.54) is 11.3 Å². The molecule has 2 fully saturated rings. The summed E-state index contributed by atoms with van der Waals surface area (Å²) in [6.07, 6.45) is 2.33. The van der Waals surface area contributed by atoms with Crippen molar-refractivity contribution in [3.8, 4) is 0 Å². The summed E-state index contributed by atoms with van der Waals surface area (Å²) in [5, 5.41) is 0. The van der Waals surface area contributed by atoms with E-state index in [4.69, 9.17) is 5.73 Å². The highest BCUT2D eigenvalue weighted by atomic mass is 32.1. The smallest absolute Gasteiger partial charge is 0.263 e. The fraction of sp³-hybridized carbons (Fsp3) is 0.615. The van der Waals surface area contributed by atoms with Crippen molar-refractivity contribution in [1.29, 1.82) is 0 Å². The van der Waals surface area contributed by atoms with Crippen molar-refractivity contribution in [2.24, 2.45) is 17.6 Å². The molecule has 1 saturated heterocycles. The molecule has 1 aliphatic heterocycles. The van der Waals surface area contributed by atoms with E-state index in [0.717, 1.165) is 24.4 Å². The molecule has 92 valence electrons. The van der Waals surface area contributed by atoms with Crippen LogP contribution in [0, 0.1) is 18.8 Å². The maximum atomic E-state index is 12.3.